The first-order valence-electron chi connectivity index (χ1n) is 13.1. The quantitative estimate of drug-likeness (QED) is 0.248. The molecule has 3 heterocycles. The summed E-state index contributed by atoms with van der Waals surface area (Å²) in [5, 5.41) is 8.93. The van der Waals surface area contributed by atoms with Crippen molar-refractivity contribution in [1.29, 1.82) is 0 Å². The van der Waals surface area contributed by atoms with Crippen LogP contribution in [0.1, 0.15) is 34.7 Å². The highest BCUT2D eigenvalue weighted by Crippen LogP contribution is 2.42. The zero-order valence-electron chi connectivity index (χ0n) is 21.5. The van der Waals surface area contributed by atoms with E-state index in [1.165, 1.54) is 10.9 Å². The molecule has 1 atom stereocenters. The second kappa shape index (κ2) is 10.3. The van der Waals surface area contributed by atoms with E-state index in [0.29, 0.717) is 0 Å². The maximum atomic E-state index is 7.26. The van der Waals surface area contributed by atoms with Crippen LogP contribution in [0.3, 0.4) is 0 Å². The lowest BCUT2D eigenvalue weighted by Crippen LogP contribution is -2.27. The Morgan fingerprint density at radius 2 is 1.92 bits per heavy atom. The van der Waals surface area contributed by atoms with Gasteiger partial charge in [-0.15, -0.1) is 0 Å². The van der Waals surface area contributed by atoms with Crippen LogP contribution in [0.25, 0.3) is 28.6 Å². The first kappa shape index (κ1) is 24.2. The molecule has 0 fully saturated rings. The van der Waals surface area contributed by atoms with Crippen molar-refractivity contribution in [3.05, 3.63) is 119 Å². The zero-order chi connectivity index (χ0) is 26.1. The Labute approximate surface area is 229 Å². The minimum atomic E-state index is -0.00116. The highest BCUT2D eigenvalue weighted by atomic mass is 35.5. The molecule has 4 nitrogen and oxygen atoms in total. The molecule has 5 heteroatoms. The number of fused-ring (bicyclic) bond motifs is 3. The van der Waals surface area contributed by atoms with Gasteiger partial charge < -0.3 is 20.5 Å². The second-order valence-corrected chi connectivity index (χ2v) is 10.1. The van der Waals surface area contributed by atoms with Crippen molar-refractivity contribution in [3.63, 3.8) is 0 Å². The molecule has 0 amide bonds. The number of hydrogen-bond acceptors (Lipinski definition) is 3. The Bertz CT molecular complexity index is 1610. The number of benzene rings is 3. The number of hydrogen-bond donors (Lipinski definition) is 3. The molecule has 0 bridgehead atoms. The third kappa shape index (κ3) is 4.42. The number of allylic oxidation sites excluding steroid dienone is 2. The van der Waals surface area contributed by atoms with Crippen LogP contribution < -0.4 is 15.5 Å². The second-order valence-electron chi connectivity index (χ2n) is 9.71. The van der Waals surface area contributed by atoms with Gasteiger partial charge in [-0.25, -0.2) is 0 Å². The van der Waals surface area contributed by atoms with Gasteiger partial charge in [0.1, 0.15) is 5.82 Å². The number of para-hydroxylation sites is 2. The lowest BCUT2D eigenvalue weighted by molar-refractivity contribution is 0.846. The Morgan fingerprint density at radius 3 is 2.82 bits per heavy atom. The standard InChI is InChI=1S/C33H31ClN4/c1-22-10-7-8-20-38(21-9-13-26-25-12-4-6-15-29(25)37-33(26)35-2)32-24(22)17-18-27(31(32)34)30-19-16-23-11-3-5-14-28(23)36-30/h3-7,9-19,30,35-37H,1,8,20-21H2,2H3/b10-7-,13-9-. The SMILES string of the molecule is C=C1/C=C\CCN(C/C=C\c2c(NC)[nH]c3ccccc23)c2c1ccc(C1C=Cc3ccccc3N1)c2Cl. The van der Waals surface area contributed by atoms with Crippen LogP contribution in [0.15, 0.2) is 91.5 Å². The van der Waals surface area contributed by atoms with Gasteiger partial charge >= 0.3 is 0 Å². The van der Waals surface area contributed by atoms with Crippen molar-refractivity contribution < 1.29 is 0 Å². The number of nitrogens with zero attached hydrogens (tertiary/aromatic N) is 1. The molecular formula is C33H31ClN4. The van der Waals surface area contributed by atoms with Crippen LogP contribution in [0.2, 0.25) is 5.02 Å². The van der Waals surface area contributed by atoms with Crippen molar-refractivity contribution in [1.82, 2.24) is 4.98 Å². The van der Waals surface area contributed by atoms with E-state index in [0.717, 1.165) is 69.5 Å². The van der Waals surface area contributed by atoms with E-state index < -0.39 is 0 Å². The van der Waals surface area contributed by atoms with Gasteiger partial charge in [0.25, 0.3) is 0 Å². The normalized spacial score (nSPS) is 17.6. The average molecular weight is 519 g/mol. The number of aromatic amines is 1. The first-order valence-corrected chi connectivity index (χ1v) is 13.4. The summed E-state index contributed by atoms with van der Waals surface area (Å²) in [6.07, 6.45) is 14.0. The van der Waals surface area contributed by atoms with Crippen molar-refractivity contribution in [2.24, 2.45) is 0 Å². The van der Waals surface area contributed by atoms with Gasteiger partial charge in [-0.2, -0.15) is 0 Å². The summed E-state index contributed by atoms with van der Waals surface area (Å²) in [7, 11) is 1.95. The maximum Gasteiger partial charge on any atom is 0.111 e. The number of H-pyrrole nitrogens is 1. The summed E-state index contributed by atoms with van der Waals surface area (Å²) in [6.45, 7) is 5.95. The van der Waals surface area contributed by atoms with Crippen LogP contribution >= 0.6 is 11.6 Å². The van der Waals surface area contributed by atoms with E-state index in [-0.39, 0.29) is 6.04 Å². The zero-order valence-corrected chi connectivity index (χ0v) is 22.2. The molecule has 6 rings (SSSR count). The lowest BCUT2D eigenvalue weighted by atomic mass is 9.94. The van der Waals surface area contributed by atoms with Gasteiger partial charge in [0.05, 0.1) is 16.8 Å². The molecule has 3 aromatic carbocycles. The molecule has 3 N–H and O–H groups in total. The molecule has 0 saturated carbocycles. The fourth-order valence-electron chi connectivity index (χ4n) is 5.43. The van der Waals surface area contributed by atoms with Gasteiger partial charge in [-0.3, -0.25) is 0 Å². The van der Waals surface area contributed by atoms with Crippen molar-refractivity contribution >= 4 is 57.4 Å². The number of nitrogens with one attached hydrogen (secondary N) is 3. The summed E-state index contributed by atoms with van der Waals surface area (Å²) in [4.78, 5) is 5.85. The number of rotatable bonds is 5. The van der Waals surface area contributed by atoms with Crippen LogP contribution in [-0.4, -0.2) is 25.1 Å². The Morgan fingerprint density at radius 1 is 1.08 bits per heavy atom. The third-order valence-electron chi connectivity index (χ3n) is 7.37. The van der Waals surface area contributed by atoms with Crippen molar-refractivity contribution in [2.45, 2.75) is 12.5 Å². The van der Waals surface area contributed by atoms with E-state index in [4.69, 9.17) is 11.6 Å². The molecule has 1 unspecified atom stereocenters. The Balaban J connectivity index is 1.36. The number of aromatic nitrogens is 1. The fraction of sp³-hybridized carbons (Fsp3) is 0.152. The summed E-state index contributed by atoms with van der Waals surface area (Å²) in [5.41, 5.74) is 8.76. The summed E-state index contributed by atoms with van der Waals surface area (Å²) >= 11 is 7.26. The van der Waals surface area contributed by atoms with Crippen LogP contribution in [0.4, 0.5) is 17.2 Å². The molecule has 0 radical (unpaired) electrons. The van der Waals surface area contributed by atoms with Gasteiger partial charge in [-0.1, -0.05) is 103 Å². The molecule has 1 aromatic heterocycles. The van der Waals surface area contributed by atoms with Gasteiger partial charge in [0.15, 0.2) is 0 Å². The number of anilines is 3. The van der Waals surface area contributed by atoms with Crippen LogP contribution in [-0.2, 0) is 0 Å². The minimum Gasteiger partial charge on any atom is -0.374 e. The van der Waals surface area contributed by atoms with E-state index in [2.05, 4.69) is 124 Å². The van der Waals surface area contributed by atoms with Gasteiger partial charge in [-0.05, 0) is 35.3 Å². The largest absolute Gasteiger partial charge is 0.374 e. The highest BCUT2D eigenvalue weighted by Gasteiger charge is 2.24. The molecule has 2 aliphatic rings. The van der Waals surface area contributed by atoms with Crippen molar-refractivity contribution in [3.8, 4) is 0 Å². The van der Waals surface area contributed by atoms with Crippen molar-refractivity contribution in [2.75, 3.05) is 35.7 Å². The molecule has 38 heavy (non-hydrogen) atoms. The predicted octanol–water partition coefficient (Wildman–Crippen LogP) is 8.54. The van der Waals surface area contributed by atoms with Crippen LogP contribution in [0, 0.1) is 0 Å². The molecule has 190 valence electrons. The molecule has 0 aliphatic carbocycles. The highest BCUT2D eigenvalue weighted by molar-refractivity contribution is 6.34. The van der Waals surface area contributed by atoms with Crippen LogP contribution in [0.5, 0.6) is 0 Å². The third-order valence-corrected chi connectivity index (χ3v) is 7.77. The van der Waals surface area contributed by atoms with E-state index in [1.807, 2.05) is 7.05 Å². The monoisotopic (exact) mass is 518 g/mol. The molecule has 2 aliphatic heterocycles. The van der Waals surface area contributed by atoms with Gasteiger partial charge in [0, 0.05) is 47.9 Å². The molecule has 0 spiro atoms. The van der Waals surface area contributed by atoms with E-state index >= 15 is 0 Å². The summed E-state index contributed by atoms with van der Waals surface area (Å²) in [5.74, 6) is 1.02. The molecule has 4 aromatic rings. The average Bonchev–Trinajstić information content (AvgIpc) is 3.30. The van der Waals surface area contributed by atoms with Gasteiger partial charge in [0.2, 0.25) is 0 Å². The summed E-state index contributed by atoms with van der Waals surface area (Å²) in [6, 6.07) is 21.0. The first-order chi connectivity index (χ1) is 18.6. The van der Waals surface area contributed by atoms with E-state index in [1.54, 1.807) is 0 Å². The van der Waals surface area contributed by atoms with E-state index in [9.17, 15) is 0 Å². The molecular weight excluding hydrogens is 488 g/mol. The maximum absolute atomic E-state index is 7.26. The Kier molecular flexibility index (Phi) is 6.57. The minimum absolute atomic E-state index is 0.00116. The smallest absolute Gasteiger partial charge is 0.111 e. The lowest BCUT2D eigenvalue weighted by Gasteiger charge is -2.31. The number of halogens is 1. The fourth-order valence-corrected chi connectivity index (χ4v) is 5.83. The summed E-state index contributed by atoms with van der Waals surface area (Å²) < 4.78 is 0. The topological polar surface area (TPSA) is 43.1 Å². The Hall–Kier alpha value is -4.15. The molecule has 0 saturated heterocycles. The predicted molar refractivity (Wildman–Crippen MR) is 165 cm³/mol.